The van der Waals surface area contributed by atoms with Crippen LogP contribution in [0.3, 0.4) is 0 Å². The summed E-state index contributed by atoms with van der Waals surface area (Å²) in [7, 11) is -3.58. The Balaban J connectivity index is 2.21. The van der Waals surface area contributed by atoms with Crippen LogP contribution in [0.25, 0.3) is 0 Å². The van der Waals surface area contributed by atoms with E-state index in [0.717, 1.165) is 6.26 Å². The van der Waals surface area contributed by atoms with E-state index in [-0.39, 0.29) is 19.7 Å². The van der Waals surface area contributed by atoms with Gasteiger partial charge < -0.3 is 14.8 Å². The van der Waals surface area contributed by atoms with Crippen LogP contribution in [-0.4, -0.2) is 40.5 Å². The molecule has 26 heavy (non-hydrogen) atoms. The number of carbonyl (C=O) groups excluding carboxylic acids is 1. The van der Waals surface area contributed by atoms with Gasteiger partial charge in [-0.05, 0) is 31.2 Å². The number of nitrogens with one attached hydrogen (secondary N) is 1. The van der Waals surface area contributed by atoms with E-state index in [1.807, 2.05) is 18.2 Å². The van der Waals surface area contributed by atoms with Crippen molar-refractivity contribution in [1.29, 1.82) is 0 Å². The van der Waals surface area contributed by atoms with Gasteiger partial charge in [0.25, 0.3) is 0 Å². The Morgan fingerprint density at radius 3 is 2.38 bits per heavy atom. The van der Waals surface area contributed by atoms with Crippen LogP contribution in [0.1, 0.15) is 6.92 Å². The minimum absolute atomic E-state index is 0.0484. The second kappa shape index (κ2) is 9.10. The fraction of sp³-hybridized carbons (Fsp3) is 0.278. The SMILES string of the molecule is CCOC(=O)NCCN(c1ccccc1Oc1ccccc1)S(C)(=O)=O. The van der Waals surface area contributed by atoms with Crippen LogP contribution in [0, 0.1) is 0 Å². The fourth-order valence-corrected chi connectivity index (χ4v) is 3.20. The summed E-state index contributed by atoms with van der Waals surface area (Å²) in [6, 6.07) is 15.9. The van der Waals surface area contributed by atoms with Crippen LogP contribution in [0.15, 0.2) is 54.6 Å². The maximum absolute atomic E-state index is 12.3. The number of carbonyl (C=O) groups is 1. The van der Waals surface area contributed by atoms with Crippen LogP contribution < -0.4 is 14.4 Å². The average molecular weight is 378 g/mol. The predicted octanol–water partition coefficient (Wildman–Crippen LogP) is 2.99. The second-order valence-corrected chi connectivity index (χ2v) is 7.27. The molecule has 0 unspecified atom stereocenters. The van der Waals surface area contributed by atoms with Crippen LogP contribution in [-0.2, 0) is 14.8 Å². The molecule has 7 nitrogen and oxygen atoms in total. The van der Waals surface area contributed by atoms with E-state index in [1.165, 1.54) is 4.31 Å². The lowest BCUT2D eigenvalue weighted by Gasteiger charge is -2.24. The highest BCUT2D eigenvalue weighted by atomic mass is 32.2. The normalized spacial score (nSPS) is 10.8. The average Bonchev–Trinajstić information content (AvgIpc) is 2.60. The van der Waals surface area contributed by atoms with Gasteiger partial charge in [0.2, 0.25) is 10.0 Å². The van der Waals surface area contributed by atoms with Crippen molar-refractivity contribution in [2.24, 2.45) is 0 Å². The number of hydrogen-bond acceptors (Lipinski definition) is 5. The first-order valence-corrected chi connectivity index (χ1v) is 9.97. The number of sulfonamides is 1. The summed E-state index contributed by atoms with van der Waals surface area (Å²) in [5.41, 5.74) is 0.393. The molecule has 0 saturated heterocycles. The van der Waals surface area contributed by atoms with E-state index < -0.39 is 16.1 Å². The fourth-order valence-electron chi connectivity index (χ4n) is 2.27. The number of anilines is 1. The number of para-hydroxylation sites is 3. The molecule has 140 valence electrons. The first-order valence-electron chi connectivity index (χ1n) is 8.12. The predicted molar refractivity (Wildman–Crippen MR) is 100 cm³/mol. The number of benzene rings is 2. The second-order valence-electron chi connectivity index (χ2n) is 5.37. The molecule has 2 aromatic rings. The molecule has 2 aromatic carbocycles. The zero-order chi connectivity index (χ0) is 19.0. The van der Waals surface area contributed by atoms with Gasteiger partial charge in [-0.3, -0.25) is 4.31 Å². The van der Waals surface area contributed by atoms with Crippen LogP contribution >= 0.6 is 0 Å². The molecule has 1 N–H and O–H groups in total. The van der Waals surface area contributed by atoms with Gasteiger partial charge >= 0.3 is 6.09 Å². The molecule has 0 fully saturated rings. The van der Waals surface area contributed by atoms with Crippen molar-refractivity contribution in [1.82, 2.24) is 5.32 Å². The lowest BCUT2D eigenvalue weighted by atomic mass is 10.3. The summed E-state index contributed by atoms with van der Waals surface area (Å²) in [6.45, 7) is 2.09. The highest BCUT2D eigenvalue weighted by Crippen LogP contribution is 2.33. The quantitative estimate of drug-likeness (QED) is 0.763. The molecular weight excluding hydrogens is 356 g/mol. The van der Waals surface area contributed by atoms with Crippen LogP contribution in [0.2, 0.25) is 0 Å². The van der Waals surface area contributed by atoms with Crippen molar-refractivity contribution < 1.29 is 22.7 Å². The third kappa shape index (κ3) is 5.66. The molecule has 2 rings (SSSR count). The highest BCUT2D eigenvalue weighted by Gasteiger charge is 2.21. The van der Waals surface area contributed by atoms with Gasteiger partial charge in [0, 0.05) is 6.54 Å². The van der Waals surface area contributed by atoms with E-state index in [9.17, 15) is 13.2 Å². The third-order valence-corrected chi connectivity index (χ3v) is 4.54. The van der Waals surface area contributed by atoms with Crippen molar-refractivity contribution >= 4 is 21.8 Å². The molecule has 0 aliphatic rings. The number of rotatable bonds is 8. The lowest BCUT2D eigenvalue weighted by molar-refractivity contribution is 0.152. The molecular formula is C18H22N2O5S. The van der Waals surface area contributed by atoms with Crippen molar-refractivity contribution in [3.05, 3.63) is 54.6 Å². The minimum Gasteiger partial charge on any atom is -0.455 e. The van der Waals surface area contributed by atoms with Gasteiger partial charge in [0.05, 0.1) is 25.1 Å². The van der Waals surface area contributed by atoms with Crippen molar-refractivity contribution in [3.63, 3.8) is 0 Å². The molecule has 0 radical (unpaired) electrons. The molecule has 0 aromatic heterocycles. The van der Waals surface area contributed by atoms with Gasteiger partial charge in [0.1, 0.15) is 5.75 Å². The molecule has 0 heterocycles. The van der Waals surface area contributed by atoms with Gasteiger partial charge in [-0.2, -0.15) is 0 Å². The van der Waals surface area contributed by atoms with Gasteiger partial charge in [-0.1, -0.05) is 30.3 Å². The van der Waals surface area contributed by atoms with E-state index in [4.69, 9.17) is 9.47 Å². The zero-order valence-electron chi connectivity index (χ0n) is 14.7. The molecule has 0 aliphatic heterocycles. The molecule has 0 bridgehead atoms. The van der Waals surface area contributed by atoms with E-state index in [0.29, 0.717) is 17.2 Å². The Bertz CT molecular complexity index is 824. The first kappa shape index (κ1) is 19.6. The number of amides is 1. The Kier molecular flexibility index (Phi) is 6.85. The van der Waals surface area contributed by atoms with Crippen LogP contribution in [0.4, 0.5) is 10.5 Å². The number of ether oxygens (including phenoxy) is 2. The molecule has 8 heteroatoms. The maximum Gasteiger partial charge on any atom is 0.407 e. The highest BCUT2D eigenvalue weighted by molar-refractivity contribution is 7.92. The number of nitrogens with zero attached hydrogens (tertiary/aromatic N) is 1. The number of alkyl carbamates (subject to hydrolysis) is 1. The smallest absolute Gasteiger partial charge is 0.407 e. The standard InChI is InChI=1S/C18H22N2O5S/c1-3-24-18(21)19-13-14-20(26(2,22)23)16-11-7-8-12-17(16)25-15-9-5-4-6-10-15/h4-12H,3,13-14H2,1-2H3,(H,19,21). The molecule has 0 spiro atoms. The maximum atomic E-state index is 12.3. The number of hydrogen-bond donors (Lipinski definition) is 1. The van der Waals surface area contributed by atoms with Gasteiger partial charge in [0.15, 0.2) is 5.75 Å². The molecule has 0 atom stereocenters. The minimum atomic E-state index is -3.58. The molecule has 1 amide bonds. The summed E-state index contributed by atoms with van der Waals surface area (Å²) in [5, 5.41) is 2.52. The third-order valence-electron chi connectivity index (χ3n) is 3.36. The van der Waals surface area contributed by atoms with Gasteiger partial charge in [-0.25, -0.2) is 13.2 Å². The van der Waals surface area contributed by atoms with Crippen LogP contribution in [0.5, 0.6) is 11.5 Å². The summed E-state index contributed by atoms with van der Waals surface area (Å²) >= 11 is 0. The zero-order valence-corrected chi connectivity index (χ0v) is 15.5. The van der Waals surface area contributed by atoms with E-state index >= 15 is 0 Å². The Hall–Kier alpha value is -2.74. The first-order chi connectivity index (χ1) is 12.4. The molecule has 0 aliphatic carbocycles. The Morgan fingerprint density at radius 1 is 1.08 bits per heavy atom. The van der Waals surface area contributed by atoms with Crippen molar-refractivity contribution in [2.45, 2.75) is 6.92 Å². The topological polar surface area (TPSA) is 84.9 Å². The monoisotopic (exact) mass is 378 g/mol. The van der Waals surface area contributed by atoms with Gasteiger partial charge in [-0.15, -0.1) is 0 Å². The summed E-state index contributed by atoms with van der Waals surface area (Å²) < 4.78 is 36.3. The largest absolute Gasteiger partial charge is 0.455 e. The van der Waals surface area contributed by atoms with Crippen molar-refractivity contribution in [3.8, 4) is 11.5 Å². The molecule has 0 saturated carbocycles. The summed E-state index contributed by atoms with van der Waals surface area (Å²) in [4.78, 5) is 11.4. The summed E-state index contributed by atoms with van der Waals surface area (Å²) in [6.07, 6.45) is 0.520. The Morgan fingerprint density at radius 2 is 1.73 bits per heavy atom. The summed E-state index contributed by atoms with van der Waals surface area (Å²) in [5.74, 6) is 0.998. The Labute approximate surface area is 153 Å². The lowest BCUT2D eigenvalue weighted by Crippen LogP contribution is -2.38. The van der Waals surface area contributed by atoms with E-state index in [2.05, 4.69) is 5.32 Å². The van der Waals surface area contributed by atoms with Crippen molar-refractivity contribution in [2.75, 3.05) is 30.3 Å². The van der Waals surface area contributed by atoms with E-state index in [1.54, 1.807) is 43.3 Å².